The molecule has 0 bridgehead atoms. The van der Waals surface area contributed by atoms with Crippen LogP contribution in [0.2, 0.25) is 0 Å². The van der Waals surface area contributed by atoms with Crippen LogP contribution in [-0.2, 0) is 21.6 Å². The Bertz CT molecular complexity index is 453. The first-order chi connectivity index (χ1) is 8.63. The molecule has 108 valence electrons. The lowest BCUT2D eigenvalue weighted by atomic mass is 9.76. The second-order valence-electron chi connectivity index (χ2n) is 5.78. The monoisotopic (exact) mass is 270 g/mol. The number of hydrogen-bond donors (Lipinski definition) is 1. The van der Waals surface area contributed by atoms with Gasteiger partial charge in [-0.05, 0) is 26.7 Å². The summed E-state index contributed by atoms with van der Waals surface area (Å²) in [6.45, 7) is 9.06. The highest BCUT2D eigenvalue weighted by Crippen LogP contribution is 2.32. The van der Waals surface area contributed by atoms with Crippen molar-refractivity contribution < 1.29 is 19.2 Å². The number of rotatable bonds is 6. The Morgan fingerprint density at radius 1 is 1.42 bits per heavy atom. The van der Waals surface area contributed by atoms with E-state index in [4.69, 9.17) is 9.26 Å². The maximum Gasteiger partial charge on any atom is 0.310 e. The van der Waals surface area contributed by atoms with Gasteiger partial charge in [0.2, 0.25) is 11.7 Å². The third kappa shape index (κ3) is 3.12. The molecule has 1 aromatic rings. The summed E-state index contributed by atoms with van der Waals surface area (Å²) in [6.07, 6.45) is 0.201. The van der Waals surface area contributed by atoms with Gasteiger partial charge in [-0.2, -0.15) is 4.98 Å². The van der Waals surface area contributed by atoms with Crippen molar-refractivity contribution in [3.8, 4) is 0 Å². The number of carboxylic acid groups (broad SMARTS) is 1. The highest BCUT2D eigenvalue weighted by atomic mass is 16.5. The van der Waals surface area contributed by atoms with Gasteiger partial charge in [-0.1, -0.05) is 19.0 Å². The van der Waals surface area contributed by atoms with Gasteiger partial charge in [0, 0.05) is 13.5 Å². The number of hydrogen-bond acceptors (Lipinski definition) is 5. The summed E-state index contributed by atoms with van der Waals surface area (Å²) >= 11 is 0. The number of carbonyl (C=O) groups is 1. The molecule has 0 spiro atoms. The fraction of sp³-hybridized carbons (Fsp3) is 0.769. The Balaban J connectivity index is 2.98. The average molecular weight is 270 g/mol. The molecule has 0 radical (unpaired) electrons. The zero-order valence-electron chi connectivity index (χ0n) is 12.4. The maximum absolute atomic E-state index is 11.4. The molecule has 1 rings (SSSR count). The Morgan fingerprint density at radius 2 is 2.00 bits per heavy atom. The van der Waals surface area contributed by atoms with Gasteiger partial charge in [-0.15, -0.1) is 0 Å². The minimum absolute atomic E-state index is 0.0456. The van der Waals surface area contributed by atoms with Gasteiger partial charge in [-0.3, -0.25) is 4.79 Å². The quantitative estimate of drug-likeness (QED) is 0.853. The van der Waals surface area contributed by atoms with E-state index in [1.807, 2.05) is 27.7 Å². The van der Waals surface area contributed by atoms with Crippen LogP contribution < -0.4 is 0 Å². The molecule has 1 N–H and O–H groups in total. The number of nitrogens with zero attached hydrogens (tertiary/aromatic N) is 2. The number of ether oxygens (including phenoxy) is 1. The molecule has 0 amide bonds. The Hall–Kier alpha value is -1.43. The van der Waals surface area contributed by atoms with Gasteiger partial charge in [0.1, 0.15) is 5.60 Å². The van der Waals surface area contributed by atoms with Gasteiger partial charge in [0.25, 0.3) is 0 Å². The van der Waals surface area contributed by atoms with Gasteiger partial charge in [-0.25, -0.2) is 0 Å². The molecule has 1 heterocycles. The maximum atomic E-state index is 11.4. The van der Waals surface area contributed by atoms with Crippen LogP contribution in [0.15, 0.2) is 4.52 Å². The first kappa shape index (κ1) is 15.6. The first-order valence-electron chi connectivity index (χ1n) is 6.25. The van der Waals surface area contributed by atoms with Crippen LogP contribution in [0.25, 0.3) is 0 Å². The molecule has 0 aliphatic heterocycles. The predicted molar refractivity (Wildman–Crippen MR) is 68.6 cm³/mol. The number of aliphatic carboxylic acids is 1. The van der Waals surface area contributed by atoms with E-state index in [2.05, 4.69) is 10.1 Å². The molecule has 19 heavy (non-hydrogen) atoms. The summed E-state index contributed by atoms with van der Waals surface area (Å²) in [6, 6.07) is 0. The second kappa shape index (κ2) is 5.28. The molecular formula is C13H22N2O4. The van der Waals surface area contributed by atoms with Crippen LogP contribution in [-0.4, -0.2) is 28.3 Å². The van der Waals surface area contributed by atoms with Crippen molar-refractivity contribution in [2.24, 2.45) is 11.3 Å². The van der Waals surface area contributed by atoms with E-state index in [1.54, 1.807) is 14.0 Å². The molecule has 0 aromatic carbocycles. The molecule has 6 heteroatoms. The number of aromatic nitrogens is 2. The summed E-state index contributed by atoms with van der Waals surface area (Å²) in [5, 5.41) is 13.2. The third-order valence-electron chi connectivity index (χ3n) is 3.80. The lowest BCUT2D eigenvalue weighted by Gasteiger charge is -2.27. The van der Waals surface area contributed by atoms with Gasteiger partial charge in [0.15, 0.2) is 0 Å². The minimum Gasteiger partial charge on any atom is -0.481 e. The number of methoxy groups -OCH3 is 1. The van der Waals surface area contributed by atoms with Crippen LogP contribution in [0.4, 0.5) is 0 Å². The highest BCUT2D eigenvalue weighted by Gasteiger charge is 2.39. The van der Waals surface area contributed by atoms with Crippen molar-refractivity contribution in [1.29, 1.82) is 0 Å². The molecule has 1 aromatic heterocycles. The van der Waals surface area contributed by atoms with Crippen molar-refractivity contribution in [1.82, 2.24) is 10.1 Å². The smallest absolute Gasteiger partial charge is 0.310 e. The standard InChI is InChI=1S/C13H22N2O4/c1-8(2)13(5,11(16)17)7-9-14-10(15-19-9)12(3,4)18-6/h8H,7H2,1-6H3,(H,16,17). The fourth-order valence-corrected chi connectivity index (χ4v) is 1.50. The third-order valence-corrected chi connectivity index (χ3v) is 3.80. The summed E-state index contributed by atoms with van der Waals surface area (Å²) < 4.78 is 10.4. The van der Waals surface area contributed by atoms with Gasteiger partial charge >= 0.3 is 5.97 Å². The van der Waals surface area contributed by atoms with Crippen molar-refractivity contribution >= 4 is 5.97 Å². The van der Waals surface area contributed by atoms with Crippen molar-refractivity contribution in [2.45, 2.75) is 46.6 Å². The largest absolute Gasteiger partial charge is 0.481 e. The molecule has 1 unspecified atom stereocenters. The minimum atomic E-state index is -0.930. The van der Waals surface area contributed by atoms with E-state index in [0.29, 0.717) is 11.7 Å². The molecule has 6 nitrogen and oxygen atoms in total. The Morgan fingerprint density at radius 3 is 2.42 bits per heavy atom. The second-order valence-corrected chi connectivity index (χ2v) is 5.78. The Labute approximate surface area is 113 Å². The van der Waals surface area contributed by atoms with Crippen LogP contribution in [0, 0.1) is 11.3 Å². The van der Waals surface area contributed by atoms with Crippen molar-refractivity contribution in [3.05, 3.63) is 11.7 Å². The molecule has 0 saturated heterocycles. The predicted octanol–water partition coefficient (Wildman–Crippen LogP) is 2.24. The fourth-order valence-electron chi connectivity index (χ4n) is 1.50. The summed E-state index contributed by atoms with van der Waals surface area (Å²) in [7, 11) is 1.56. The first-order valence-corrected chi connectivity index (χ1v) is 6.25. The zero-order chi connectivity index (χ0) is 14.8. The lowest BCUT2D eigenvalue weighted by molar-refractivity contribution is -0.150. The van der Waals surface area contributed by atoms with E-state index in [1.165, 1.54) is 0 Å². The molecule has 0 saturated carbocycles. The summed E-state index contributed by atoms with van der Waals surface area (Å²) in [4.78, 5) is 15.6. The topological polar surface area (TPSA) is 85.5 Å². The highest BCUT2D eigenvalue weighted by molar-refractivity contribution is 5.74. The summed E-state index contributed by atoms with van der Waals surface area (Å²) in [5.74, 6) is -0.177. The van der Waals surface area contributed by atoms with E-state index in [9.17, 15) is 9.90 Å². The van der Waals surface area contributed by atoms with Crippen LogP contribution in [0.1, 0.15) is 46.3 Å². The van der Waals surface area contributed by atoms with Gasteiger partial charge < -0.3 is 14.4 Å². The molecule has 0 aliphatic rings. The Kier molecular flexibility index (Phi) is 4.35. The average Bonchev–Trinajstić information content (AvgIpc) is 2.77. The van der Waals surface area contributed by atoms with E-state index >= 15 is 0 Å². The van der Waals surface area contributed by atoms with E-state index in [0.717, 1.165) is 0 Å². The van der Waals surface area contributed by atoms with Gasteiger partial charge in [0.05, 0.1) is 5.41 Å². The number of carboxylic acids is 1. The van der Waals surface area contributed by atoms with Crippen LogP contribution in [0.5, 0.6) is 0 Å². The molecule has 0 aliphatic carbocycles. The van der Waals surface area contributed by atoms with Crippen molar-refractivity contribution in [2.75, 3.05) is 7.11 Å². The molecule has 1 atom stereocenters. The zero-order valence-corrected chi connectivity index (χ0v) is 12.4. The van der Waals surface area contributed by atoms with Crippen LogP contribution >= 0.6 is 0 Å². The lowest BCUT2D eigenvalue weighted by Crippen LogP contribution is -2.35. The van der Waals surface area contributed by atoms with E-state index in [-0.39, 0.29) is 12.3 Å². The SMILES string of the molecule is COC(C)(C)c1noc(CC(C)(C(=O)O)C(C)C)n1. The summed E-state index contributed by atoms with van der Waals surface area (Å²) in [5.41, 5.74) is -1.58. The van der Waals surface area contributed by atoms with E-state index < -0.39 is 17.0 Å². The normalized spacial score (nSPS) is 15.5. The molecular weight excluding hydrogens is 248 g/mol. The van der Waals surface area contributed by atoms with Crippen molar-refractivity contribution in [3.63, 3.8) is 0 Å². The molecule has 0 fully saturated rings. The van der Waals surface area contributed by atoms with Crippen LogP contribution in [0.3, 0.4) is 0 Å².